The molecule has 0 aliphatic carbocycles. The number of nitrogens with zero attached hydrogens (tertiary/aromatic N) is 4. The van der Waals surface area contributed by atoms with Crippen LogP contribution in [0.3, 0.4) is 0 Å². The van der Waals surface area contributed by atoms with E-state index in [-0.39, 0.29) is 5.91 Å². The van der Waals surface area contributed by atoms with E-state index in [1.54, 1.807) is 24.2 Å². The lowest BCUT2D eigenvalue weighted by Crippen LogP contribution is -2.26. The van der Waals surface area contributed by atoms with Crippen LogP contribution in [0.2, 0.25) is 5.02 Å². The maximum Gasteiger partial charge on any atom is 0.226 e. The second-order valence-corrected chi connectivity index (χ2v) is 6.52. The number of carbonyl (C=O) groups excluding carboxylic acids is 1. The molecule has 3 aromatic rings. The fourth-order valence-electron chi connectivity index (χ4n) is 2.57. The molecule has 0 unspecified atom stereocenters. The number of benzene rings is 1. The van der Waals surface area contributed by atoms with E-state index in [1.807, 2.05) is 25.1 Å². The van der Waals surface area contributed by atoms with Crippen molar-refractivity contribution in [2.24, 2.45) is 0 Å². The van der Waals surface area contributed by atoms with Gasteiger partial charge in [0, 0.05) is 43.3 Å². The lowest BCUT2D eigenvalue weighted by atomic mass is 10.2. The van der Waals surface area contributed by atoms with Crippen molar-refractivity contribution in [3.8, 4) is 11.4 Å². The minimum Gasteiger partial charge on any atom is -0.341 e. The van der Waals surface area contributed by atoms with Crippen molar-refractivity contribution in [1.82, 2.24) is 25.2 Å². The summed E-state index contributed by atoms with van der Waals surface area (Å²) in [5.74, 6) is 1.03. The summed E-state index contributed by atoms with van der Waals surface area (Å²) in [6.07, 6.45) is 3.34. The summed E-state index contributed by atoms with van der Waals surface area (Å²) in [6.45, 7) is 2.48. The average Bonchev–Trinajstić information content (AvgIpc) is 3.25. The Bertz CT molecular complexity index is 889. The van der Waals surface area contributed by atoms with Crippen molar-refractivity contribution in [1.29, 1.82) is 0 Å². The molecular weight excluding hydrogens is 354 g/mol. The van der Waals surface area contributed by atoms with Crippen molar-refractivity contribution in [2.75, 3.05) is 7.05 Å². The zero-order chi connectivity index (χ0) is 18.5. The number of carbonyl (C=O) groups is 1. The monoisotopic (exact) mass is 373 g/mol. The molecule has 136 valence electrons. The summed E-state index contributed by atoms with van der Waals surface area (Å²) in [5.41, 5.74) is 2.72. The van der Waals surface area contributed by atoms with Crippen LogP contribution in [0.1, 0.15) is 30.0 Å². The molecule has 0 saturated carbocycles. The van der Waals surface area contributed by atoms with Gasteiger partial charge in [-0.3, -0.25) is 9.89 Å². The average molecular weight is 374 g/mol. The Kier molecular flexibility index (Phi) is 5.68. The lowest BCUT2D eigenvalue weighted by Gasteiger charge is -2.16. The summed E-state index contributed by atoms with van der Waals surface area (Å²) >= 11 is 6.14. The largest absolute Gasteiger partial charge is 0.341 e. The SMILES string of the molecule is Cc1[nH]ncc1CN(C)C(=O)CCCc1nc(-c2ccccc2Cl)no1. The number of hydrogen-bond acceptors (Lipinski definition) is 5. The molecule has 0 aliphatic rings. The Balaban J connectivity index is 1.50. The molecule has 0 saturated heterocycles. The molecule has 0 aliphatic heterocycles. The van der Waals surface area contributed by atoms with Crippen LogP contribution in [0.4, 0.5) is 0 Å². The highest BCUT2D eigenvalue weighted by atomic mass is 35.5. The molecule has 1 amide bonds. The van der Waals surface area contributed by atoms with Gasteiger partial charge in [0.1, 0.15) is 0 Å². The van der Waals surface area contributed by atoms with Crippen molar-refractivity contribution in [2.45, 2.75) is 32.7 Å². The highest BCUT2D eigenvalue weighted by Gasteiger charge is 2.14. The van der Waals surface area contributed by atoms with Gasteiger partial charge in [0.15, 0.2) is 0 Å². The number of halogens is 1. The highest BCUT2D eigenvalue weighted by molar-refractivity contribution is 6.33. The van der Waals surface area contributed by atoms with Crippen LogP contribution in [0.15, 0.2) is 35.0 Å². The van der Waals surface area contributed by atoms with Gasteiger partial charge in [0.25, 0.3) is 0 Å². The first-order valence-electron chi connectivity index (χ1n) is 8.35. The number of amides is 1. The lowest BCUT2D eigenvalue weighted by molar-refractivity contribution is -0.130. The molecule has 1 N–H and O–H groups in total. The van der Waals surface area contributed by atoms with E-state index in [4.69, 9.17) is 16.1 Å². The predicted molar refractivity (Wildman–Crippen MR) is 97.5 cm³/mol. The van der Waals surface area contributed by atoms with Gasteiger partial charge in [-0.25, -0.2) is 0 Å². The third-order valence-electron chi connectivity index (χ3n) is 4.13. The zero-order valence-corrected chi connectivity index (χ0v) is 15.5. The van der Waals surface area contributed by atoms with Crippen LogP contribution in [0.5, 0.6) is 0 Å². The Labute approximate surface area is 156 Å². The summed E-state index contributed by atoms with van der Waals surface area (Å²) in [5, 5.41) is 11.4. The molecule has 2 heterocycles. The Hall–Kier alpha value is -2.67. The van der Waals surface area contributed by atoms with Crippen molar-refractivity contribution in [3.05, 3.63) is 52.6 Å². The fraction of sp³-hybridized carbons (Fsp3) is 0.333. The van der Waals surface area contributed by atoms with Gasteiger partial charge in [-0.15, -0.1) is 0 Å². The quantitative estimate of drug-likeness (QED) is 0.685. The van der Waals surface area contributed by atoms with Gasteiger partial charge in [0.2, 0.25) is 17.6 Å². The van der Waals surface area contributed by atoms with E-state index in [9.17, 15) is 4.79 Å². The number of aromatic amines is 1. The van der Waals surface area contributed by atoms with Crippen LogP contribution < -0.4 is 0 Å². The number of hydrogen-bond donors (Lipinski definition) is 1. The minimum atomic E-state index is 0.0662. The van der Waals surface area contributed by atoms with Crippen LogP contribution in [-0.2, 0) is 17.8 Å². The van der Waals surface area contributed by atoms with Crippen LogP contribution in [0.25, 0.3) is 11.4 Å². The topological polar surface area (TPSA) is 87.9 Å². The van der Waals surface area contributed by atoms with E-state index in [0.29, 0.717) is 42.5 Å². The smallest absolute Gasteiger partial charge is 0.226 e. The molecule has 0 spiro atoms. The van der Waals surface area contributed by atoms with Crippen molar-refractivity contribution >= 4 is 17.5 Å². The van der Waals surface area contributed by atoms with E-state index >= 15 is 0 Å². The molecular formula is C18H20ClN5O2. The molecule has 0 atom stereocenters. The third kappa shape index (κ3) is 4.29. The highest BCUT2D eigenvalue weighted by Crippen LogP contribution is 2.25. The number of nitrogens with one attached hydrogen (secondary N) is 1. The standard InChI is InChI=1S/C18H20ClN5O2/c1-12-13(10-20-22-12)11-24(2)17(25)9-5-8-16-21-18(23-26-16)14-6-3-4-7-15(14)19/h3-4,6-7,10H,5,8-9,11H2,1-2H3,(H,20,22). The molecule has 8 heteroatoms. The Morgan fingerprint density at radius 1 is 1.35 bits per heavy atom. The molecule has 2 aromatic heterocycles. The van der Waals surface area contributed by atoms with Gasteiger partial charge in [0.05, 0.1) is 11.2 Å². The second-order valence-electron chi connectivity index (χ2n) is 6.12. The van der Waals surface area contributed by atoms with E-state index in [0.717, 1.165) is 16.8 Å². The van der Waals surface area contributed by atoms with E-state index in [2.05, 4.69) is 20.3 Å². The van der Waals surface area contributed by atoms with Crippen molar-refractivity contribution < 1.29 is 9.32 Å². The minimum absolute atomic E-state index is 0.0662. The summed E-state index contributed by atoms with van der Waals surface area (Å²) in [6, 6.07) is 7.34. The van der Waals surface area contributed by atoms with Gasteiger partial charge < -0.3 is 9.42 Å². The third-order valence-corrected chi connectivity index (χ3v) is 4.46. The van der Waals surface area contributed by atoms with Gasteiger partial charge in [-0.05, 0) is 25.5 Å². The Morgan fingerprint density at radius 2 is 2.15 bits per heavy atom. The number of rotatable bonds is 7. The van der Waals surface area contributed by atoms with Crippen LogP contribution in [0, 0.1) is 6.92 Å². The normalized spacial score (nSPS) is 10.9. The maximum atomic E-state index is 12.3. The maximum absolute atomic E-state index is 12.3. The molecule has 26 heavy (non-hydrogen) atoms. The number of aromatic nitrogens is 4. The molecule has 3 rings (SSSR count). The van der Waals surface area contributed by atoms with Crippen LogP contribution >= 0.6 is 11.6 Å². The zero-order valence-electron chi connectivity index (χ0n) is 14.7. The van der Waals surface area contributed by atoms with Gasteiger partial charge in [-0.1, -0.05) is 28.9 Å². The van der Waals surface area contributed by atoms with Gasteiger partial charge in [-0.2, -0.15) is 10.1 Å². The van der Waals surface area contributed by atoms with Crippen molar-refractivity contribution in [3.63, 3.8) is 0 Å². The first kappa shape index (κ1) is 18.1. The predicted octanol–water partition coefficient (Wildman–Crippen LogP) is 3.40. The summed E-state index contributed by atoms with van der Waals surface area (Å²) in [4.78, 5) is 18.3. The van der Waals surface area contributed by atoms with Gasteiger partial charge >= 0.3 is 0 Å². The molecule has 0 bridgehead atoms. The second kappa shape index (κ2) is 8.14. The Morgan fingerprint density at radius 3 is 2.88 bits per heavy atom. The number of aryl methyl sites for hydroxylation is 2. The van der Waals surface area contributed by atoms with E-state index in [1.165, 1.54) is 0 Å². The molecule has 7 nitrogen and oxygen atoms in total. The molecule has 0 fully saturated rings. The number of H-pyrrole nitrogens is 1. The first-order valence-corrected chi connectivity index (χ1v) is 8.72. The first-order chi connectivity index (χ1) is 12.5. The summed E-state index contributed by atoms with van der Waals surface area (Å²) < 4.78 is 5.26. The molecule has 0 radical (unpaired) electrons. The van der Waals surface area contributed by atoms with E-state index < -0.39 is 0 Å². The van der Waals surface area contributed by atoms with Crippen LogP contribution in [-0.4, -0.2) is 38.2 Å². The molecule has 1 aromatic carbocycles. The summed E-state index contributed by atoms with van der Waals surface area (Å²) in [7, 11) is 1.79. The fourth-order valence-corrected chi connectivity index (χ4v) is 2.79.